The normalized spacial score (nSPS) is 22.2. The Bertz CT molecular complexity index is 671. The summed E-state index contributed by atoms with van der Waals surface area (Å²) >= 11 is 5.80. The first kappa shape index (κ1) is 24.0. The van der Waals surface area contributed by atoms with Crippen molar-refractivity contribution in [3.63, 3.8) is 0 Å². The van der Waals surface area contributed by atoms with Crippen molar-refractivity contribution in [2.24, 2.45) is 16.8 Å². The molecule has 0 aromatic carbocycles. The van der Waals surface area contributed by atoms with Gasteiger partial charge in [-0.15, -0.1) is 0 Å². The summed E-state index contributed by atoms with van der Waals surface area (Å²) in [6.45, 7) is 5.25. The molecule has 2 unspecified atom stereocenters. The molecule has 0 amide bonds. The van der Waals surface area contributed by atoms with Crippen molar-refractivity contribution in [2.45, 2.75) is 44.4 Å². The number of nitrogens with one attached hydrogen (secondary N) is 1. The number of anilines is 1. The summed E-state index contributed by atoms with van der Waals surface area (Å²) in [5.74, 6) is 2.94. The van der Waals surface area contributed by atoms with Gasteiger partial charge >= 0.3 is 0 Å². The average Bonchev–Trinajstić information content (AvgIpc) is 2.70. The zero-order chi connectivity index (χ0) is 20.4. The van der Waals surface area contributed by atoms with Crippen LogP contribution in [0.25, 0.3) is 0 Å². The summed E-state index contributed by atoms with van der Waals surface area (Å²) in [5, 5.41) is 4.17. The summed E-state index contributed by atoms with van der Waals surface area (Å²) in [6.07, 6.45) is 11.8. The minimum atomic E-state index is 0.391. The number of halogens is 1. The van der Waals surface area contributed by atoms with Gasteiger partial charge in [0.1, 0.15) is 5.82 Å². The molecule has 28 heavy (non-hydrogen) atoms. The van der Waals surface area contributed by atoms with E-state index in [0.29, 0.717) is 12.0 Å². The third kappa shape index (κ3) is 8.20. The smallest absolute Gasteiger partial charge is 0.189 e. The minimum absolute atomic E-state index is 0.391. The van der Waals surface area contributed by atoms with Gasteiger partial charge in [-0.1, -0.05) is 34.4 Å². The van der Waals surface area contributed by atoms with Crippen LogP contribution in [0.4, 0.5) is 5.82 Å². The van der Waals surface area contributed by atoms with Crippen LogP contribution in [0.1, 0.15) is 33.1 Å². The lowest BCUT2D eigenvalue weighted by Gasteiger charge is -2.29. The van der Waals surface area contributed by atoms with Gasteiger partial charge in [-0.3, -0.25) is 4.99 Å². The lowest BCUT2D eigenvalue weighted by atomic mass is 9.86. The third-order valence-electron chi connectivity index (χ3n) is 4.82. The maximum absolute atomic E-state index is 5.70. The van der Waals surface area contributed by atoms with E-state index in [1.54, 1.807) is 29.7 Å². The lowest BCUT2D eigenvalue weighted by Crippen LogP contribution is -2.26. The predicted molar refractivity (Wildman–Crippen MR) is 132 cm³/mol. The molecule has 5 nitrogen and oxygen atoms in total. The molecule has 2 heterocycles. The van der Waals surface area contributed by atoms with E-state index in [0.717, 1.165) is 39.4 Å². The number of rotatable bonds is 10. The zero-order valence-electron chi connectivity index (χ0n) is 17.2. The molecule has 2 rings (SSSR count). The molecule has 1 aromatic heterocycles. The topological polar surface area (TPSA) is 59.4 Å². The average molecular weight is 535 g/mol. The van der Waals surface area contributed by atoms with Gasteiger partial charge in [-0.25, -0.2) is 9.97 Å². The molecule has 1 aromatic rings. The number of aliphatic imine (C=N–C) groups is 1. The summed E-state index contributed by atoms with van der Waals surface area (Å²) in [4.78, 5) is 13.6. The minimum Gasteiger partial charge on any atom is -0.378 e. The number of ether oxygens (including phenoxy) is 1. The van der Waals surface area contributed by atoms with Gasteiger partial charge in [0.05, 0.1) is 6.10 Å². The van der Waals surface area contributed by atoms with Crippen LogP contribution in [-0.2, 0) is 4.74 Å². The van der Waals surface area contributed by atoms with Gasteiger partial charge in [0.2, 0.25) is 0 Å². The number of thioether (sulfide) groups is 2. The Morgan fingerprint density at radius 1 is 1.50 bits per heavy atom. The largest absolute Gasteiger partial charge is 0.378 e. The molecular weight excluding hydrogens is 503 g/mol. The van der Waals surface area contributed by atoms with E-state index in [1.165, 1.54) is 25.0 Å². The summed E-state index contributed by atoms with van der Waals surface area (Å²) in [6, 6.07) is 1.89. The van der Waals surface area contributed by atoms with Crippen LogP contribution in [-0.4, -0.2) is 51.1 Å². The molecule has 0 aliphatic carbocycles. The highest BCUT2D eigenvalue weighted by atomic mass is 127. The first-order valence-corrected chi connectivity index (χ1v) is 13.7. The molecule has 1 aliphatic heterocycles. The zero-order valence-corrected chi connectivity index (χ0v) is 20.9. The van der Waals surface area contributed by atoms with Crippen LogP contribution in [0, 0.1) is 11.8 Å². The van der Waals surface area contributed by atoms with Crippen molar-refractivity contribution < 1.29 is 4.74 Å². The van der Waals surface area contributed by atoms with Crippen LogP contribution >= 0.6 is 46.1 Å². The second-order valence-corrected chi connectivity index (χ2v) is 9.59. The van der Waals surface area contributed by atoms with E-state index in [1.807, 2.05) is 18.5 Å². The van der Waals surface area contributed by atoms with Gasteiger partial charge in [-0.05, 0) is 57.6 Å². The van der Waals surface area contributed by atoms with E-state index in [9.17, 15) is 0 Å². The molecular formula is C20H31IN4OS2. The highest BCUT2D eigenvalue weighted by Gasteiger charge is 2.23. The Kier molecular flexibility index (Phi) is 11.2. The SMILES string of the molecule is CSC/C(=C/N=C(\C)[C@@H](CI)CC1CCOC(C)C1)Nc1ccnc(SC)n1. The number of alkyl halides is 1. The first-order chi connectivity index (χ1) is 13.5. The van der Waals surface area contributed by atoms with Gasteiger partial charge < -0.3 is 10.1 Å². The number of aromatic nitrogens is 2. The monoisotopic (exact) mass is 534 g/mol. The van der Waals surface area contributed by atoms with Crippen molar-refractivity contribution in [3.8, 4) is 0 Å². The molecule has 0 spiro atoms. The van der Waals surface area contributed by atoms with Gasteiger partial charge in [0.15, 0.2) is 5.16 Å². The van der Waals surface area contributed by atoms with Gasteiger partial charge in [-0.2, -0.15) is 11.8 Å². The Morgan fingerprint density at radius 2 is 2.32 bits per heavy atom. The van der Waals surface area contributed by atoms with Crippen LogP contribution in [0.2, 0.25) is 0 Å². The van der Waals surface area contributed by atoms with E-state index in [2.05, 4.69) is 58.0 Å². The third-order valence-corrected chi connectivity index (χ3v) is 7.04. The summed E-state index contributed by atoms with van der Waals surface area (Å²) < 4.78 is 6.80. The standard InChI is InChI=1S/C20H31IN4OS2/c1-14-9-16(6-8-26-14)10-17(11-21)15(2)23-12-18(13-27-3)24-19-5-7-22-20(25-19)28-4/h5,7,12,14,16-17H,6,8-11,13H2,1-4H3,(H,22,24,25)/b18-12-,23-15+/t14?,16?,17-/m1/s1. The second-order valence-electron chi connectivity index (χ2n) is 7.07. The highest BCUT2D eigenvalue weighted by Crippen LogP contribution is 2.28. The van der Waals surface area contributed by atoms with Crippen LogP contribution in [0.5, 0.6) is 0 Å². The van der Waals surface area contributed by atoms with E-state index < -0.39 is 0 Å². The highest BCUT2D eigenvalue weighted by molar-refractivity contribution is 14.1. The maximum Gasteiger partial charge on any atom is 0.189 e. The molecule has 1 saturated heterocycles. The van der Waals surface area contributed by atoms with E-state index >= 15 is 0 Å². The Labute approximate surface area is 191 Å². The molecule has 0 radical (unpaired) electrons. The number of hydrogen-bond acceptors (Lipinski definition) is 7. The fourth-order valence-corrected chi connectivity index (χ4v) is 5.08. The van der Waals surface area contributed by atoms with Gasteiger partial charge in [0, 0.05) is 46.5 Å². The molecule has 1 N–H and O–H groups in total. The fraction of sp³-hybridized carbons (Fsp3) is 0.650. The first-order valence-electron chi connectivity index (χ1n) is 9.59. The predicted octanol–water partition coefficient (Wildman–Crippen LogP) is 5.53. The van der Waals surface area contributed by atoms with Crippen molar-refractivity contribution in [2.75, 3.05) is 34.6 Å². The maximum atomic E-state index is 5.70. The molecule has 1 aliphatic rings. The van der Waals surface area contributed by atoms with Crippen LogP contribution in [0.15, 0.2) is 34.3 Å². The number of hydrogen-bond donors (Lipinski definition) is 1. The fourth-order valence-electron chi connectivity index (χ4n) is 3.27. The van der Waals surface area contributed by atoms with E-state index in [-0.39, 0.29) is 0 Å². The van der Waals surface area contributed by atoms with Crippen LogP contribution < -0.4 is 5.32 Å². The van der Waals surface area contributed by atoms with Crippen molar-refractivity contribution >= 4 is 57.6 Å². The molecule has 8 heteroatoms. The quantitative estimate of drug-likeness (QED) is 0.140. The summed E-state index contributed by atoms with van der Waals surface area (Å²) in [7, 11) is 0. The van der Waals surface area contributed by atoms with Gasteiger partial charge in [0.25, 0.3) is 0 Å². The molecule has 156 valence electrons. The molecule has 0 bridgehead atoms. The molecule has 1 fully saturated rings. The molecule has 3 atom stereocenters. The number of nitrogens with zero attached hydrogens (tertiary/aromatic N) is 3. The Morgan fingerprint density at radius 3 is 3.00 bits per heavy atom. The van der Waals surface area contributed by atoms with E-state index in [4.69, 9.17) is 9.73 Å². The summed E-state index contributed by atoms with van der Waals surface area (Å²) in [5.41, 5.74) is 2.27. The lowest BCUT2D eigenvalue weighted by molar-refractivity contribution is -0.000458. The van der Waals surface area contributed by atoms with Crippen molar-refractivity contribution in [1.82, 2.24) is 9.97 Å². The van der Waals surface area contributed by atoms with Crippen molar-refractivity contribution in [3.05, 3.63) is 24.2 Å². The second kappa shape index (κ2) is 13.1. The molecule has 0 saturated carbocycles. The Hall–Kier alpha value is -0.320. The Balaban J connectivity index is 2.05. The van der Waals surface area contributed by atoms with Crippen LogP contribution in [0.3, 0.4) is 0 Å². The van der Waals surface area contributed by atoms with Crippen molar-refractivity contribution in [1.29, 1.82) is 0 Å².